The fraction of sp³-hybridized carbons (Fsp3) is 0.600. The molecule has 0 aliphatic heterocycles. The first kappa shape index (κ1) is 12.7. The summed E-state index contributed by atoms with van der Waals surface area (Å²) in [7, 11) is 5.39. The molecule has 0 amide bonds. The van der Waals surface area contributed by atoms with Crippen LogP contribution in [0.15, 0.2) is 6.07 Å². The molecular formula is C10H19N3O. The highest BCUT2D eigenvalue weighted by Crippen LogP contribution is 2.12. The first-order valence-electron chi connectivity index (χ1n) is 4.70. The van der Waals surface area contributed by atoms with E-state index in [1.807, 2.05) is 39.8 Å². The normalized spacial score (nSPS) is 8.71. The first-order chi connectivity index (χ1) is 6.63. The SMILES string of the molecule is CC.COc1cc(C)nc(N(C)C)n1. The number of ether oxygens (including phenoxy) is 1. The molecule has 0 spiro atoms. The highest BCUT2D eigenvalue weighted by atomic mass is 16.5. The Morgan fingerprint density at radius 1 is 1.21 bits per heavy atom. The molecule has 0 fully saturated rings. The molecule has 0 bridgehead atoms. The number of rotatable bonds is 2. The van der Waals surface area contributed by atoms with E-state index in [-0.39, 0.29) is 0 Å². The largest absolute Gasteiger partial charge is 0.481 e. The highest BCUT2D eigenvalue weighted by molar-refractivity contribution is 5.31. The van der Waals surface area contributed by atoms with E-state index in [9.17, 15) is 0 Å². The van der Waals surface area contributed by atoms with Crippen molar-refractivity contribution in [1.29, 1.82) is 0 Å². The molecule has 80 valence electrons. The Kier molecular flexibility index (Phi) is 5.60. The lowest BCUT2D eigenvalue weighted by Crippen LogP contribution is -2.13. The van der Waals surface area contributed by atoms with Crippen LogP contribution in [0.3, 0.4) is 0 Å². The second kappa shape index (κ2) is 6.18. The Hall–Kier alpha value is -1.32. The van der Waals surface area contributed by atoms with Gasteiger partial charge in [0.1, 0.15) is 0 Å². The number of hydrogen-bond acceptors (Lipinski definition) is 4. The van der Waals surface area contributed by atoms with Gasteiger partial charge in [0.25, 0.3) is 0 Å². The average Bonchev–Trinajstić information content (AvgIpc) is 2.20. The average molecular weight is 197 g/mol. The summed E-state index contributed by atoms with van der Waals surface area (Å²) in [5, 5.41) is 0. The molecule has 4 heteroatoms. The molecular weight excluding hydrogens is 178 g/mol. The van der Waals surface area contributed by atoms with Gasteiger partial charge in [-0.25, -0.2) is 4.98 Å². The number of aromatic nitrogens is 2. The maximum absolute atomic E-state index is 5.01. The molecule has 0 unspecified atom stereocenters. The van der Waals surface area contributed by atoms with Gasteiger partial charge < -0.3 is 9.64 Å². The Morgan fingerprint density at radius 2 is 1.79 bits per heavy atom. The van der Waals surface area contributed by atoms with E-state index in [2.05, 4.69) is 9.97 Å². The summed E-state index contributed by atoms with van der Waals surface area (Å²) < 4.78 is 5.01. The monoisotopic (exact) mass is 197 g/mol. The van der Waals surface area contributed by atoms with Crippen LogP contribution in [0.1, 0.15) is 19.5 Å². The van der Waals surface area contributed by atoms with Gasteiger partial charge in [0.2, 0.25) is 11.8 Å². The molecule has 1 aromatic heterocycles. The Labute approximate surface area is 85.9 Å². The van der Waals surface area contributed by atoms with Crippen molar-refractivity contribution in [2.45, 2.75) is 20.8 Å². The van der Waals surface area contributed by atoms with Gasteiger partial charge in [-0.05, 0) is 6.92 Å². The minimum atomic E-state index is 0.603. The van der Waals surface area contributed by atoms with Gasteiger partial charge in [0.15, 0.2) is 0 Å². The molecule has 0 radical (unpaired) electrons. The van der Waals surface area contributed by atoms with E-state index in [1.54, 1.807) is 13.2 Å². The standard InChI is InChI=1S/C8H13N3O.C2H6/c1-6-5-7(12-4)10-8(9-6)11(2)3;1-2/h5H,1-4H3;1-2H3. The zero-order valence-corrected chi connectivity index (χ0v) is 9.83. The molecule has 0 N–H and O–H groups in total. The molecule has 0 aliphatic rings. The van der Waals surface area contributed by atoms with E-state index in [0.717, 1.165) is 5.69 Å². The molecule has 1 heterocycles. The lowest BCUT2D eigenvalue weighted by Gasteiger charge is -2.11. The van der Waals surface area contributed by atoms with Gasteiger partial charge in [0.05, 0.1) is 7.11 Å². The summed E-state index contributed by atoms with van der Waals surface area (Å²) in [5.74, 6) is 1.28. The zero-order chi connectivity index (χ0) is 11.1. The molecule has 0 aromatic carbocycles. The van der Waals surface area contributed by atoms with Gasteiger partial charge in [-0.15, -0.1) is 0 Å². The van der Waals surface area contributed by atoms with Gasteiger partial charge in [0, 0.05) is 25.9 Å². The number of hydrogen-bond donors (Lipinski definition) is 0. The lowest BCUT2D eigenvalue weighted by molar-refractivity contribution is 0.396. The fourth-order valence-corrected chi connectivity index (χ4v) is 0.829. The third-order valence-electron chi connectivity index (χ3n) is 1.43. The molecule has 0 saturated heterocycles. The van der Waals surface area contributed by atoms with Crippen LogP contribution in [0, 0.1) is 6.92 Å². The van der Waals surface area contributed by atoms with Crippen LogP contribution < -0.4 is 9.64 Å². The van der Waals surface area contributed by atoms with E-state index in [1.165, 1.54) is 0 Å². The molecule has 1 aromatic rings. The number of nitrogens with zero attached hydrogens (tertiary/aromatic N) is 3. The zero-order valence-electron chi connectivity index (χ0n) is 9.83. The minimum Gasteiger partial charge on any atom is -0.481 e. The van der Waals surface area contributed by atoms with Crippen molar-refractivity contribution >= 4 is 5.95 Å². The summed E-state index contributed by atoms with van der Waals surface area (Å²) in [6.07, 6.45) is 0. The van der Waals surface area contributed by atoms with Crippen LogP contribution >= 0.6 is 0 Å². The Bertz CT molecular complexity index is 274. The Balaban J connectivity index is 0.000000791. The minimum absolute atomic E-state index is 0.603. The third-order valence-corrected chi connectivity index (χ3v) is 1.43. The van der Waals surface area contributed by atoms with E-state index in [0.29, 0.717) is 11.8 Å². The van der Waals surface area contributed by atoms with Gasteiger partial charge in [-0.1, -0.05) is 13.8 Å². The maximum atomic E-state index is 5.01. The number of methoxy groups -OCH3 is 1. The first-order valence-corrected chi connectivity index (χ1v) is 4.70. The van der Waals surface area contributed by atoms with Crippen LogP contribution in [0.4, 0.5) is 5.95 Å². The predicted molar refractivity (Wildman–Crippen MR) is 59.0 cm³/mol. The van der Waals surface area contributed by atoms with Crippen LogP contribution in [0.2, 0.25) is 0 Å². The topological polar surface area (TPSA) is 38.2 Å². The fourth-order valence-electron chi connectivity index (χ4n) is 0.829. The summed E-state index contributed by atoms with van der Waals surface area (Å²) >= 11 is 0. The Morgan fingerprint density at radius 3 is 2.21 bits per heavy atom. The summed E-state index contributed by atoms with van der Waals surface area (Å²) in [6.45, 7) is 5.91. The number of aryl methyl sites for hydroxylation is 1. The van der Waals surface area contributed by atoms with Crippen LogP contribution in [-0.2, 0) is 0 Å². The van der Waals surface area contributed by atoms with Crippen LogP contribution in [0.25, 0.3) is 0 Å². The third kappa shape index (κ3) is 3.60. The van der Waals surface area contributed by atoms with Crippen molar-refractivity contribution in [3.63, 3.8) is 0 Å². The van der Waals surface area contributed by atoms with Crippen LogP contribution in [-0.4, -0.2) is 31.2 Å². The van der Waals surface area contributed by atoms with E-state index < -0.39 is 0 Å². The van der Waals surface area contributed by atoms with Crippen molar-refractivity contribution in [1.82, 2.24) is 9.97 Å². The van der Waals surface area contributed by atoms with Crippen molar-refractivity contribution in [3.05, 3.63) is 11.8 Å². The molecule has 4 nitrogen and oxygen atoms in total. The second-order valence-electron chi connectivity index (χ2n) is 2.75. The summed E-state index contributed by atoms with van der Waals surface area (Å²) in [6, 6.07) is 1.80. The van der Waals surface area contributed by atoms with Gasteiger partial charge in [-0.2, -0.15) is 4.98 Å². The maximum Gasteiger partial charge on any atom is 0.228 e. The van der Waals surface area contributed by atoms with Crippen molar-refractivity contribution in [2.75, 3.05) is 26.1 Å². The van der Waals surface area contributed by atoms with Crippen LogP contribution in [0.5, 0.6) is 5.88 Å². The predicted octanol–water partition coefficient (Wildman–Crippen LogP) is 1.89. The smallest absolute Gasteiger partial charge is 0.228 e. The van der Waals surface area contributed by atoms with E-state index in [4.69, 9.17) is 4.74 Å². The molecule has 1 rings (SSSR count). The molecule has 0 aliphatic carbocycles. The number of anilines is 1. The van der Waals surface area contributed by atoms with E-state index >= 15 is 0 Å². The summed E-state index contributed by atoms with van der Waals surface area (Å²) in [5.41, 5.74) is 0.908. The van der Waals surface area contributed by atoms with Gasteiger partial charge in [-0.3, -0.25) is 0 Å². The van der Waals surface area contributed by atoms with Gasteiger partial charge >= 0.3 is 0 Å². The summed E-state index contributed by atoms with van der Waals surface area (Å²) in [4.78, 5) is 10.2. The second-order valence-corrected chi connectivity index (χ2v) is 2.75. The molecule has 14 heavy (non-hydrogen) atoms. The molecule has 0 saturated carbocycles. The highest BCUT2D eigenvalue weighted by Gasteiger charge is 2.02. The molecule has 0 atom stereocenters. The van der Waals surface area contributed by atoms with Crippen molar-refractivity contribution < 1.29 is 4.74 Å². The van der Waals surface area contributed by atoms with Crippen molar-refractivity contribution in [3.8, 4) is 5.88 Å². The van der Waals surface area contributed by atoms with Crippen molar-refractivity contribution in [2.24, 2.45) is 0 Å². The lowest BCUT2D eigenvalue weighted by atomic mass is 10.4. The quantitative estimate of drug-likeness (QED) is 0.725.